The Morgan fingerprint density at radius 1 is 0.929 bits per heavy atom. The van der Waals surface area contributed by atoms with Crippen molar-refractivity contribution in [2.24, 2.45) is 0 Å². The van der Waals surface area contributed by atoms with Crippen LogP contribution in [0, 0.1) is 11.6 Å². The number of hydrogen-bond acceptors (Lipinski definition) is 5. The molecule has 3 rings (SSSR count). The third-order valence-electron chi connectivity index (χ3n) is 4.65. The number of benzene rings is 2. The SMILES string of the molecule is O[C@@H](COCCOc1ccc(F)cc1)CN1CCN(c2ccccc2F)CC1. The van der Waals surface area contributed by atoms with Gasteiger partial charge in [0, 0.05) is 32.7 Å². The monoisotopic (exact) mass is 392 g/mol. The number of piperazine rings is 1. The number of hydrogen-bond donors (Lipinski definition) is 1. The molecule has 0 bridgehead atoms. The van der Waals surface area contributed by atoms with E-state index in [9.17, 15) is 13.9 Å². The van der Waals surface area contributed by atoms with Crippen LogP contribution in [0.15, 0.2) is 48.5 Å². The van der Waals surface area contributed by atoms with Crippen LogP contribution in [-0.4, -0.2) is 68.7 Å². The molecule has 28 heavy (non-hydrogen) atoms. The van der Waals surface area contributed by atoms with Crippen LogP contribution < -0.4 is 9.64 Å². The van der Waals surface area contributed by atoms with Gasteiger partial charge in [0.2, 0.25) is 0 Å². The molecular formula is C21H26F2N2O3. The summed E-state index contributed by atoms with van der Waals surface area (Å²) in [6, 6.07) is 12.6. The third kappa shape index (κ3) is 6.15. The van der Waals surface area contributed by atoms with Gasteiger partial charge < -0.3 is 19.5 Å². The Bertz CT molecular complexity index is 722. The Morgan fingerprint density at radius 2 is 1.64 bits per heavy atom. The van der Waals surface area contributed by atoms with Gasteiger partial charge in [-0.1, -0.05) is 12.1 Å². The van der Waals surface area contributed by atoms with Gasteiger partial charge in [-0.3, -0.25) is 4.90 Å². The first-order valence-electron chi connectivity index (χ1n) is 9.48. The highest BCUT2D eigenvalue weighted by molar-refractivity contribution is 5.47. The molecule has 0 radical (unpaired) electrons. The van der Waals surface area contributed by atoms with Crippen molar-refractivity contribution >= 4 is 5.69 Å². The minimum Gasteiger partial charge on any atom is -0.491 e. The smallest absolute Gasteiger partial charge is 0.146 e. The van der Waals surface area contributed by atoms with Gasteiger partial charge in [-0.05, 0) is 36.4 Å². The van der Waals surface area contributed by atoms with E-state index in [1.165, 1.54) is 18.2 Å². The van der Waals surface area contributed by atoms with Gasteiger partial charge in [-0.2, -0.15) is 0 Å². The minimum absolute atomic E-state index is 0.202. The van der Waals surface area contributed by atoms with Crippen molar-refractivity contribution in [2.75, 3.05) is 57.4 Å². The molecule has 0 unspecified atom stereocenters. The highest BCUT2D eigenvalue weighted by atomic mass is 19.1. The lowest BCUT2D eigenvalue weighted by Crippen LogP contribution is -2.49. The Balaban J connectivity index is 1.29. The lowest BCUT2D eigenvalue weighted by atomic mass is 10.2. The van der Waals surface area contributed by atoms with Crippen molar-refractivity contribution in [3.8, 4) is 5.75 Å². The topological polar surface area (TPSA) is 45.2 Å². The quantitative estimate of drug-likeness (QED) is 0.665. The van der Waals surface area contributed by atoms with E-state index in [1.807, 2.05) is 11.0 Å². The van der Waals surface area contributed by atoms with Gasteiger partial charge in [-0.15, -0.1) is 0 Å². The Kier molecular flexibility index (Phi) is 7.59. The average Bonchev–Trinajstić information content (AvgIpc) is 2.70. The zero-order chi connectivity index (χ0) is 19.8. The highest BCUT2D eigenvalue weighted by Crippen LogP contribution is 2.20. The number of rotatable bonds is 9. The van der Waals surface area contributed by atoms with Gasteiger partial charge in [0.05, 0.1) is 25.0 Å². The van der Waals surface area contributed by atoms with Gasteiger partial charge >= 0.3 is 0 Å². The van der Waals surface area contributed by atoms with Crippen molar-refractivity contribution in [1.29, 1.82) is 0 Å². The maximum absolute atomic E-state index is 13.9. The van der Waals surface area contributed by atoms with Crippen LogP contribution in [-0.2, 0) is 4.74 Å². The molecule has 0 saturated carbocycles. The van der Waals surface area contributed by atoms with Crippen molar-refractivity contribution in [3.63, 3.8) is 0 Å². The van der Waals surface area contributed by atoms with Crippen molar-refractivity contribution in [1.82, 2.24) is 4.90 Å². The number of para-hydroxylation sites is 1. The van der Waals surface area contributed by atoms with Gasteiger partial charge in [0.1, 0.15) is 24.0 Å². The van der Waals surface area contributed by atoms with E-state index in [2.05, 4.69) is 4.90 Å². The summed E-state index contributed by atoms with van der Waals surface area (Å²) in [7, 11) is 0. The minimum atomic E-state index is -0.592. The number of aliphatic hydroxyl groups excluding tert-OH is 1. The van der Waals surface area contributed by atoms with E-state index in [-0.39, 0.29) is 18.2 Å². The predicted molar refractivity (Wildman–Crippen MR) is 104 cm³/mol. The fourth-order valence-corrected chi connectivity index (χ4v) is 3.20. The lowest BCUT2D eigenvalue weighted by molar-refractivity contribution is 0.00716. The van der Waals surface area contributed by atoms with Crippen molar-refractivity contribution < 1.29 is 23.4 Å². The predicted octanol–water partition coefficient (Wildman–Crippen LogP) is 2.54. The summed E-state index contributed by atoms with van der Waals surface area (Å²) in [6.45, 7) is 4.39. The van der Waals surface area contributed by atoms with Gasteiger partial charge in [0.25, 0.3) is 0 Å². The van der Waals surface area contributed by atoms with E-state index in [4.69, 9.17) is 9.47 Å². The summed E-state index contributed by atoms with van der Waals surface area (Å²) in [5, 5.41) is 10.2. The maximum Gasteiger partial charge on any atom is 0.146 e. The molecule has 0 amide bonds. The molecule has 1 saturated heterocycles. The second-order valence-corrected chi connectivity index (χ2v) is 6.77. The van der Waals surface area contributed by atoms with Crippen LogP contribution in [0.2, 0.25) is 0 Å². The van der Waals surface area contributed by atoms with E-state index in [0.717, 1.165) is 26.2 Å². The van der Waals surface area contributed by atoms with Crippen LogP contribution in [0.4, 0.5) is 14.5 Å². The van der Waals surface area contributed by atoms with Crippen molar-refractivity contribution in [3.05, 3.63) is 60.2 Å². The molecule has 1 aliphatic heterocycles. The standard InChI is InChI=1S/C21H26F2N2O3/c22-17-5-7-19(8-6-17)28-14-13-27-16-18(26)15-24-9-11-25(12-10-24)21-4-2-1-3-20(21)23/h1-8,18,26H,9-16H2/t18-/m1/s1. The maximum atomic E-state index is 13.9. The first-order chi connectivity index (χ1) is 13.6. The molecule has 2 aromatic carbocycles. The number of aliphatic hydroxyl groups is 1. The largest absolute Gasteiger partial charge is 0.491 e. The summed E-state index contributed by atoms with van der Waals surface area (Å²) in [6.07, 6.45) is -0.592. The molecule has 1 aliphatic rings. The van der Waals surface area contributed by atoms with Crippen LogP contribution in [0.5, 0.6) is 5.75 Å². The molecule has 1 fully saturated rings. The Morgan fingerprint density at radius 3 is 2.36 bits per heavy atom. The average molecular weight is 392 g/mol. The molecule has 7 heteroatoms. The van der Waals surface area contributed by atoms with Crippen LogP contribution in [0.25, 0.3) is 0 Å². The number of nitrogens with zero attached hydrogens (tertiary/aromatic N) is 2. The molecule has 0 aromatic heterocycles. The van der Waals surface area contributed by atoms with Crippen LogP contribution in [0.3, 0.4) is 0 Å². The molecule has 2 aromatic rings. The van der Waals surface area contributed by atoms with E-state index in [1.54, 1.807) is 24.3 Å². The zero-order valence-corrected chi connectivity index (χ0v) is 15.8. The van der Waals surface area contributed by atoms with Crippen LogP contribution in [0.1, 0.15) is 0 Å². The summed E-state index contributed by atoms with van der Waals surface area (Å²) in [5.74, 6) is 0.0759. The molecule has 152 valence electrons. The molecule has 1 heterocycles. The lowest BCUT2D eigenvalue weighted by Gasteiger charge is -2.36. The molecular weight excluding hydrogens is 366 g/mol. The second kappa shape index (κ2) is 10.4. The number of β-amino-alcohol motifs (C(OH)–C–C–N with tert-alkyl or cyclic N) is 1. The molecule has 1 atom stereocenters. The van der Waals surface area contributed by atoms with Crippen molar-refractivity contribution in [2.45, 2.75) is 6.10 Å². The van der Waals surface area contributed by atoms with E-state index < -0.39 is 6.10 Å². The fourth-order valence-electron chi connectivity index (χ4n) is 3.20. The third-order valence-corrected chi connectivity index (χ3v) is 4.65. The molecule has 5 nitrogen and oxygen atoms in total. The summed E-state index contributed by atoms with van der Waals surface area (Å²) in [4.78, 5) is 4.18. The van der Waals surface area contributed by atoms with Crippen LogP contribution >= 0.6 is 0 Å². The van der Waals surface area contributed by atoms with Gasteiger partial charge in [0.15, 0.2) is 0 Å². The zero-order valence-electron chi connectivity index (χ0n) is 15.8. The Labute approximate surface area is 164 Å². The summed E-state index contributed by atoms with van der Waals surface area (Å²) >= 11 is 0. The van der Waals surface area contributed by atoms with E-state index in [0.29, 0.717) is 31.2 Å². The number of halogens is 2. The molecule has 1 N–H and O–H groups in total. The number of anilines is 1. The first kappa shape index (κ1) is 20.5. The summed E-state index contributed by atoms with van der Waals surface area (Å²) < 4.78 is 37.6. The number of ether oxygens (including phenoxy) is 2. The van der Waals surface area contributed by atoms with E-state index >= 15 is 0 Å². The van der Waals surface area contributed by atoms with Gasteiger partial charge in [-0.25, -0.2) is 8.78 Å². The Hall–Kier alpha value is -2.22. The molecule has 0 spiro atoms. The second-order valence-electron chi connectivity index (χ2n) is 6.77. The summed E-state index contributed by atoms with van der Waals surface area (Å²) in [5.41, 5.74) is 0.632. The first-order valence-corrected chi connectivity index (χ1v) is 9.48. The highest BCUT2D eigenvalue weighted by Gasteiger charge is 2.21. The fraction of sp³-hybridized carbons (Fsp3) is 0.429. The molecule has 0 aliphatic carbocycles. The normalized spacial score (nSPS) is 16.2.